The Bertz CT molecular complexity index is 523. The number of nitrogen functional groups attached to an aromatic ring is 1. The third kappa shape index (κ3) is 2.92. The van der Waals surface area contributed by atoms with Gasteiger partial charge in [0.1, 0.15) is 0 Å². The fraction of sp³-hybridized carbons (Fsp3) is 0.200. The highest BCUT2D eigenvalue weighted by Gasteiger charge is 2.08. The zero-order chi connectivity index (χ0) is 13.0. The molecule has 0 aromatic heterocycles. The highest BCUT2D eigenvalue weighted by atomic mass is 79.9. The van der Waals surface area contributed by atoms with E-state index in [1.54, 1.807) is 0 Å². The summed E-state index contributed by atoms with van der Waals surface area (Å²) >= 11 is 3.43. The lowest BCUT2D eigenvalue weighted by Gasteiger charge is -2.12. The Labute approximate surface area is 116 Å². The Morgan fingerprint density at radius 3 is 2.44 bits per heavy atom. The van der Waals surface area contributed by atoms with Crippen molar-refractivity contribution in [2.45, 2.75) is 12.8 Å². The summed E-state index contributed by atoms with van der Waals surface area (Å²) in [5.74, 6) is 0. The maximum absolute atomic E-state index is 8.96. The molecule has 2 nitrogen and oxygen atoms in total. The number of aliphatic hydroxyl groups excluding tert-OH is 1. The Hall–Kier alpha value is -1.32. The molecule has 2 rings (SSSR count). The van der Waals surface area contributed by atoms with E-state index in [0.717, 1.165) is 34.1 Å². The SMILES string of the molecule is Nc1cccc(CCCO)c1-c1ccc(Br)cc1. The van der Waals surface area contributed by atoms with Crippen LogP contribution in [0.3, 0.4) is 0 Å². The molecule has 18 heavy (non-hydrogen) atoms. The summed E-state index contributed by atoms with van der Waals surface area (Å²) in [7, 11) is 0. The minimum atomic E-state index is 0.203. The summed E-state index contributed by atoms with van der Waals surface area (Å²) < 4.78 is 1.05. The number of hydrogen-bond donors (Lipinski definition) is 2. The average Bonchev–Trinajstić information content (AvgIpc) is 2.38. The van der Waals surface area contributed by atoms with E-state index >= 15 is 0 Å². The molecule has 0 fully saturated rings. The van der Waals surface area contributed by atoms with E-state index in [1.165, 1.54) is 5.56 Å². The van der Waals surface area contributed by atoms with E-state index < -0.39 is 0 Å². The normalized spacial score (nSPS) is 10.6. The predicted molar refractivity (Wildman–Crippen MR) is 79.4 cm³/mol. The van der Waals surface area contributed by atoms with Gasteiger partial charge in [0.15, 0.2) is 0 Å². The van der Waals surface area contributed by atoms with Crippen LogP contribution in [0, 0.1) is 0 Å². The number of aryl methyl sites for hydroxylation is 1. The molecule has 0 aliphatic rings. The second kappa shape index (κ2) is 6.03. The fourth-order valence-corrected chi connectivity index (χ4v) is 2.33. The molecule has 0 radical (unpaired) electrons. The Morgan fingerprint density at radius 2 is 1.78 bits per heavy atom. The molecule has 0 amide bonds. The van der Waals surface area contributed by atoms with Crippen LogP contribution in [0.25, 0.3) is 11.1 Å². The maximum Gasteiger partial charge on any atom is 0.0434 e. The summed E-state index contributed by atoms with van der Waals surface area (Å²) in [5, 5.41) is 8.96. The monoisotopic (exact) mass is 305 g/mol. The molecule has 0 unspecified atom stereocenters. The van der Waals surface area contributed by atoms with Crippen molar-refractivity contribution in [2.75, 3.05) is 12.3 Å². The van der Waals surface area contributed by atoms with Crippen LogP contribution >= 0.6 is 15.9 Å². The summed E-state index contributed by atoms with van der Waals surface area (Å²) in [6.45, 7) is 0.203. The highest BCUT2D eigenvalue weighted by Crippen LogP contribution is 2.31. The number of rotatable bonds is 4. The molecule has 0 atom stereocenters. The number of anilines is 1. The molecule has 2 aromatic rings. The molecule has 0 spiro atoms. The van der Waals surface area contributed by atoms with E-state index in [9.17, 15) is 0 Å². The molecule has 3 N–H and O–H groups in total. The van der Waals surface area contributed by atoms with Crippen LogP contribution in [0.1, 0.15) is 12.0 Å². The minimum absolute atomic E-state index is 0.203. The molecule has 0 saturated carbocycles. The smallest absolute Gasteiger partial charge is 0.0434 e. The molecule has 0 heterocycles. The lowest BCUT2D eigenvalue weighted by molar-refractivity contribution is 0.288. The lowest BCUT2D eigenvalue weighted by atomic mass is 9.95. The summed E-state index contributed by atoms with van der Waals surface area (Å²) in [6, 6.07) is 14.1. The molecule has 0 saturated heterocycles. The van der Waals surface area contributed by atoms with Gasteiger partial charge in [-0.25, -0.2) is 0 Å². The molecule has 0 aliphatic carbocycles. The first-order chi connectivity index (χ1) is 8.72. The summed E-state index contributed by atoms with van der Waals surface area (Å²) in [6.07, 6.45) is 1.60. The maximum atomic E-state index is 8.96. The third-order valence-corrected chi connectivity index (χ3v) is 3.45. The number of nitrogens with two attached hydrogens (primary N) is 1. The van der Waals surface area contributed by atoms with Gasteiger partial charge in [0.05, 0.1) is 0 Å². The van der Waals surface area contributed by atoms with Crippen molar-refractivity contribution in [3.05, 3.63) is 52.5 Å². The number of benzene rings is 2. The minimum Gasteiger partial charge on any atom is -0.398 e. The Morgan fingerprint density at radius 1 is 1.06 bits per heavy atom. The predicted octanol–water partition coefficient (Wildman–Crippen LogP) is 3.62. The van der Waals surface area contributed by atoms with Crippen molar-refractivity contribution in [1.29, 1.82) is 0 Å². The number of halogens is 1. The van der Waals surface area contributed by atoms with E-state index in [4.69, 9.17) is 10.8 Å². The quantitative estimate of drug-likeness (QED) is 0.847. The molecule has 0 aliphatic heterocycles. The van der Waals surface area contributed by atoms with Gasteiger partial charge in [-0.2, -0.15) is 0 Å². The first-order valence-corrected chi connectivity index (χ1v) is 6.76. The van der Waals surface area contributed by atoms with E-state index in [-0.39, 0.29) is 6.61 Å². The van der Waals surface area contributed by atoms with Crippen LogP contribution in [-0.2, 0) is 6.42 Å². The number of hydrogen-bond acceptors (Lipinski definition) is 2. The highest BCUT2D eigenvalue weighted by molar-refractivity contribution is 9.10. The zero-order valence-corrected chi connectivity index (χ0v) is 11.7. The second-order valence-electron chi connectivity index (χ2n) is 4.22. The summed E-state index contributed by atoms with van der Waals surface area (Å²) in [4.78, 5) is 0. The van der Waals surface area contributed by atoms with Crippen LogP contribution in [0.2, 0.25) is 0 Å². The second-order valence-corrected chi connectivity index (χ2v) is 5.13. The van der Waals surface area contributed by atoms with Gasteiger partial charge in [-0.05, 0) is 42.2 Å². The van der Waals surface area contributed by atoms with Gasteiger partial charge < -0.3 is 10.8 Å². The van der Waals surface area contributed by atoms with Crippen molar-refractivity contribution in [1.82, 2.24) is 0 Å². The van der Waals surface area contributed by atoms with E-state index in [2.05, 4.69) is 34.1 Å². The average molecular weight is 306 g/mol. The van der Waals surface area contributed by atoms with Gasteiger partial charge in [0, 0.05) is 22.3 Å². The van der Waals surface area contributed by atoms with Crippen LogP contribution < -0.4 is 5.73 Å². The largest absolute Gasteiger partial charge is 0.398 e. The van der Waals surface area contributed by atoms with Gasteiger partial charge in [-0.3, -0.25) is 0 Å². The molecular weight excluding hydrogens is 290 g/mol. The van der Waals surface area contributed by atoms with Crippen LogP contribution in [0.15, 0.2) is 46.9 Å². The molecule has 0 bridgehead atoms. The molecule has 3 heteroatoms. The molecule has 2 aromatic carbocycles. The van der Waals surface area contributed by atoms with Crippen LogP contribution in [0.4, 0.5) is 5.69 Å². The molecule has 94 valence electrons. The van der Waals surface area contributed by atoms with E-state index in [1.807, 2.05) is 24.3 Å². The first kappa shape index (κ1) is 13.1. The standard InChI is InChI=1S/C15H16BrNO/c16-13-8-6-12(7-9-13)15-11(4-2-10-18)3-1-5-14(15)17/h1,3,5-9,18H,2,4,10,17H2. The van der Waals surface area contributed by atoms with Gasteiger partial charge in [0.25, 0.3) is 0 Å². The van der Waals surface area contributed by atoms with E-state index in [0.29, 0.717) is 0 Å². The van der Waals surface area contributed by atoms with Crippen LogP contribution in [-0.4, -0.2) is 11.7 Å². The number of aliphatic hydroxyl groups is 1. The molecular formula is C15H16BrNO. The van der Waals surface area contributed by atoms with Crippen molar-refractivity contribution in [3.8, 4) is 11.1 Å². The van der Waals surface area contributed by atoms with Crippen molar-refractivity contribution < 1.29 is 5.11 Å². The van der Waals surface area contributed by atoms with Gasteiger partial charge in [-0.1, -0.05) is 40.2 Å². The van der Waals surface area contributed by atoms with Gasteiger partial charge in [-0.15, -0.1) is 0 Å². The third-order valence-electron chi connectivity index (χ3n) is 2.92. The first-order valence-electron chi connectivity index (χ1n) is 5.96. The Kier molecular flexibility index (Phi) is 4.39. The topological polar surface area (TPSA) is 46.2 Å². The van der Waals surface area contributed by atoms with Crippen LogP contribution in [0.5, 0.6) is 0 Å². The fourth-order valence-electron chi connectivity index (χ4n) is 2.07. The van der Waals surface area contributed by atoms with Gasteiger partial charge >= 0.3 is 0 Å². The van der Waals surface area contributed by atoms with Crippen molar-refractivity contribution >= 4 is 21.6 Å². The zero-order valence-electron chi connectivity index (χ0n) is 10.1. The van der Waals surface area contributed by atoms with Crippen molar-refractivity contribution in [2.24, 2.45) is 0 Å². The lowest BCUT2D eigenvalue weighted by Crippen LogP contribution is -1.97. The Balaban J connectivity index is 2.44. The van der Waals surface area contributed by atoms with Gasteiger partial charge in [0.2, 0.25) is 0 Å². The van der Waals surface area contributed by atoms with Crippen molar-refractivity contribution in [3.63, 3.8) is 0 Å². The summed E-state index contributed by atoms with van der Waals surface area (Å²) in [5.41, 5.74) is 10.3.